The monoisotopic (exact) mass is 595 g/mol. The number of anilines is 1. The number of sulfone groups is 1. The first-order chi connectivity index (χ1) is 18.9. The summed E-state index contributed by atoms with van der Waals surface area (Å²) in [6.45, 7) is 1.20. The number of amides is 1. The van der Waals surface area contributed by atoms with E-state index >= 15 is 0 Å². The molecule has 2 unspecified atom stereocenters. The fourth-order valence-electron chi connectivity index (χ4n) is 5.18. The SMILES string of the molecule is CS(=O)(=O)c1cccc(OCC(O)CNC2COC3(CCN(S(=O)(=O)c4ccc5c(c4)NC(=O)CO5)CC3)C2)c1. The third-order valence-electron chi connectivity index (χ3n) is 7.38. The van der Waals surface area contributed by atoms with Crippen LogP contribution in [0.4, 0.5) is 5.69 Å². The molecule has 14 heteroatoms. The Balaban J connectivity index is 1.09. The predicted octanol–water partition coefficient (Wildman–Crippen LogP) is 0.763. The Morgan fingerprint density at radius 2 is 1.93 bits per heavy atom. The number of sulfonamides is 1. The minimum absolute atomic E-state index is 0.00405. The molecular formula is C26H33N3O9S2. The Hall–Kier alpha value is -2.75. The van der Waals surface area contributed by atoms with Crippen molar-refractivity contribution in [2.45, 2.75) is 46.8 Å². The highest BCUT2D eigenvalue weighted by molar-refractivity contribution is 7.90. The maximum absolute atomic E-state index is 13.3. The van der Waals surface area contributed by atoms with Crippen LogP contribution in [0.3, 0.4) is 0 Å². The molecule has 0 bridgehead atoms. The van der Waals surface area contributed by atoms with E-state index in [9.17, 15) is 26.7 Å². The number of nitrogens with zero attached hydrogens (tertiary/aromatic N) is 1. The van der Waals surface area contributed by atoms with Crippen LogP contribution in [-0.4, -0.2) is 95.6 Å². The minimum atomic E-state index is -3.76. The molecule has 12 nitrogen and oxygen atoms in total. The van der Waals surface area contributed by atoms with E-state index in [4.69, 9.17) is 14.2 Å². The molecule has 3 N–H and O–H groups in total. The van der Waals surface area contributed by atoms with Crippen LogP contribution in [0.1, 0.15) is 19.3 Å². The van der Waals surface area contributed by atoms with Crippen LogP contribution < -0.4 is 20.1 Å². The summed E-state index contributed by atoms with van der Waals surface area (Å²) in [7, 11) is -7.11. The molecule has 1 amide bonds. The number of carbonyl (C=O) groups excluding carboxylic acids is 1. The fraction of sp³-hybridized carbons (Fsp3) is 0.500. The number of benzene rings is 2. The number of ether oxygens (including phenoxy) is 3. The zero-order valence-electron chi connectivity index (χ0n) is 22.0. The molecule has 218 valence electrons. The second-order valence-electron chi connectivity index (χ2n) is 10.4. The summed E-state index contributed by atoms with van der Waals surface area (Å²) in [6, 6.07) is 10.6. The zero-order valence-corrected chi connectivity index (χ0v) is 23.7. The predicted molar refractivity (Wildman–Crippen MR) is 145 cm³/mol. The van der Waals surface area contributed by atoms with Crippen LogP contribution in [0.5, 0.6) is 11.5 Å². The van der Waals surface area contributed by atoms with Gasteiger partial charge in [-0.15, -0.1) is 0 Å². The van der Waals surface area contributed by atoms with Gasteiger partial charge in [-0.1, -0.05) is 6.07 Å². The van der Waals surface area contributed by atoms with Gasteiger partial charge in [0.05, 0.1) is 27.7 Å². The molecule has 2 fully saturated rings. The number of rotatable bonds is 9. The van der Waals surface area contributed by atoms with Crippen molar-refractivity contribution in [1.82, 2.24) is 9.62 Å². The fourth-order valence-corrected chi connectivity index (χ4v) is 7.30. The molecule has 1 spiro atoms. The second-order valence-corrected chi connectivity index (χ2v) is 14.4. The summed E-state index contributed by atoms with van der Waals surface area (Å²) in [4.78, 5) is 11.9. The normalized spacial score (nSPS) is 21.9. The molecule has 40 heavy (non-hydrogen) atoms. The van der Waals surface area contributed by atoms with E-state index in [1.807, 2.05) is 0 Å². The van der Waals surface area contributed by atoms with Crippen LogP contribution in [0.25, 0.3) is 0 Å². The van der Waals surface area contributed by atoms with E-state index in [0.29, 0.717) is 56.1 Å². The Labute approximate surface area is 233 Å². The molecule has 2 aromatic rings. The van der Waals surface area contributed by atoms with E-state index in [-0.39, 0.29) is 41.5 Å². The van der Waals surface area contributed by atoms with Gasteiger partial charge in [-0.2, -0.15) is 4.31 Å². The molecule has 0 radical (unpaired) electrons. The molecule has 2 aromatic carbocycles. The molecule has 5 rings (SSSR count). The Morgan fingerprint density at radius 3 is 2.67 bits per heavy atom. The number of hydrogen-bond acceptors (Lipinski definition) is 10. The summed E-state index contributed by atoms with van der Waals surface area (Å²) in [5.41, 5.74) is -0.0941. The quantitative estimate of drug-likeness (QED) is 0.378. The highest BCUT2D eigenvalue weighted by Crippen LogP contribution is 2.38. The summed E-state index contributed by atoms with van der Waals surface area (Å²) in [6.07, 6.45) is 2.07. The van der Waals surface area contributed by atoms with Gasteiger partial charge in [0.25, 0.3) is 5.91 Å². The lowest BCUT2D eigenvalue weighted by atomic mass is 9.88. The molecule has 2 saturated heterocycles. The standard InChI is InChI=1S/C26H33N3O9S2/c1-39(32,33)21-4-2-3-20(11-21)36-16-19(30)14-27-18-13-26(38-15-18)7-9-29(10-8-26)40(34,35)22-5-6-24-23(12-22)28-25(31)17-37-24/h2-6,11-12,18-19,27,30H,7-10,13-17H2,1H3,(H,28,31). The van der Waals surface area contributed by atoms with Gasteiger partial charge in [0, 0.05) is 31.9 Å². The summed E-state index contributed by atoms with van der Waals surface area (Å²) < 4.78 is 68.5. The molecule has 3 aliphatic rings. The molecule has 0 aliphatic carbocycles. The largest absolute Gasteiger partial charge is 0.491 e. The van der Waals surface area contributed by atoms with Crippen molar-refractivity contribution in [3.05, 3.63) is 42.5 Å². The summed E-state index contributed by atoms with van der Waals surface area (Å²) in [5, 5.41) is 16.3. The molecular weight excluding hydrogens is 562 g/mol. The highest BCUT2D eigenvalue weighted by Gasteiger charge is 2.44. The molecule has 3 heterocycles. The average Bonchev–Trinajstić information content (AvgIpc) is 3.32. The van der Waals surface area contributed by atoms with Crippen molar-refractivity contribution >= 4 is 31.5 Å². The Morgan fingerprint density at radius 1 is 1.15 bits per heavy atom. The van der Waals surface area contributed by atoms with E-state index < -0.39 is 31.6 Å². The Kier molecular flexibility index (Phi) is 8.10. The number of aliphatic hydroxyl groups excluding tert-OH is 1. The van der Waals surface area contributed by atoms with Gasteiger partial charge in [0.1, 0.15) is 24.2 Å². The van der Waals surface area contributed by atoms with Crippen molar-refractivity contribution in [3.63, 3.8) is 0 Å². The number of fused-ring (bicyclic) bond motifs is 1. The first-order valence-corrected chi connectivity index (χ1v) is 16.3. The number of carbonyl (C=O) groups is 1. The topological polar surface area (TPSA) is 161 Å². The van der Waals surface area contributed by atoms with Crippen LogP contribution in [0, 0.1) is 0 Å². The van der Waals surface area contributed by atoms with Crippen LogP contribution >= 0.6 is 0 Å². The van der Waals surface area contributed by atoms with Crippen molar-refractivity contribution in [3.8, 4) is 11.5 Å². The summed E-state index contributed by atoms with van der Waals surface area (Å²) in [5.74, 6) is 0.468. The van der Waals surface area contributed by atoms with Gasteiger partial charge < -0.3 is 30.0 Å². The number of hydrogen-bond donors (Lipinski definition) is 3. The van der Waals surface area contributed by atoms with Crippen LogP contribution in [-0.2, 0) is 29.4 Å². The average molecular weight is 596 g/mol. The third kappa shape index (κ3) is 6.42. The lowest BCUT2D eigenvalue weighted by Crippen LogP contribution is -2.47. The van der Waals surface area contributed by atoms with Crippen molar-refractivity contribution in [2.75, 3.05) is 51.0 Å². The van der Waals surface area contributed by atoms with Gasteiger partial charge in [-0.25, -0.2) is 16.8 Å². The smallest absolute Gasteiger partial charge is 0.262 e. The number of nitrogens with one attached hydrogen (secondary N) is 2. The molecule has 3 aliphatic heterocycles. The first-order valence-electron chi connectivity index (χ1n) is 13.0. The lowest BCUT2D eigenvalue weighted by Gasteiger charge is -2.38. The summed E-state index contributed by atoms with van der Waals surface area (Å²) >= 11 is 0. The van der Waals surface area contributed by atoms with Gasteiger partial charge >= 0.3 is 0 Å². The van der Waals surface area contributed by atoms with E-state index in [2.05, 4.69) is 10.6 Å². The van der Waals surface area contributed by atoms with Gasteiger partial charge in [0.15, 0.2) is 16.4 Å². The highest BCUT2D eigenvalue weighted by atomic mass is 32.2. The third-order valence-corrected chi connectivity index (χ3v) is 10.4. The van der Waals surface area contributed by atoms with Crippen LogP contribution in [0.2, 0.25) is 0 Å². The first kappa shape index (κ1) is 28.8. The molecule has 0 saturated carbocycles. The van der Waals surface area contributed by atoms with Crippen molar-refractivity contribution < 1.29 is 40.9 Å². The molecule has 2 atom stereocenters. The lowest BCUT2D eigenvalue weighted by molar-refractivity contribution is -0.118. The maximum atomic E-state index is 13.3. The number of piperidine rings is 1. The van der Waals surface area contributed by atoms with E-state index in [1.54, 1.807) is 18.2 Å². The van der Waals surface area contributed by atoms with Crippen molar-refractivity contribution in [1.29, 1.82) is 0 Å². The van der Waals surface area contributed by atoms with Crippen LogP contribution in [0.15, 0.2) is 52.3 Å². The second kappa shape index (κ2) is 11.3. The number of aliphatic hydroxyl groups is 1. The Bertz CT molecular complexity index is 1470. The van der Waals surface area contributed by atoms with Gasteiger partial charge in [-0.3, -0.25) is 4.79 Å². The van der Waals surface area contributed by atoms with Crippen molar-refractivity contribution in [2.24, 2.45) is 0 Å². The van der Waals surface area contributed by atoms with E-state index in [1.165, 1.54) is 28.6 Å². The zero-order chi connectivity index (χ0) is 28.5. The van der Waals surface area contributed by atoms with E-state index in [0.717, 1.165) is 6.26 Å². The van der Waals surface area contributed by atoms with Gasteiger partial charge in [0.2, 0.25) is 10.0 Å². The minimum Gasteiger partial charge on any atom is -0.491 e. The van der Waals surface area contributed by atoms with Gasteiger partial charge in [-0.05, 0) is 55.7 Å². The maximum Gasteiger partial charge on any atom is 0.262 e. The molecule has 0 aromatic heterocycles.